The molecule has 2 amide bonds. The first-order chi connectivity index (χ1) is 14.8. The Hall–Kier alpha value is -3.48. The molecule has 2 N–H and O–H groups in total. The molecule has 3 aromatic rings. The van der Waals surface area contributed by atoms with Gasteiger partial charge < -0.3 is 15.4 Å². The quantitative estimate of drug-likeness (QED) is 0.573. The third kappa shape index (κ3) is 5.36. The molecule has 0 aliphatic carbocycles. The second-order valence-electron chi connectivity index (χ2n) is 7.65. The minimum atomic E-state index is -0.235. The normalized spacial score (nSPS) is 10.7. The van der Waals surface area contributed by atoms with Gasteiger partial charge in [-0.15, -0.1) is 0 Å². The van der Waals surface area contributed by atoms with E-state index in [0.29, 0.717) is 24.2 Å². The van der Waals surface area contributed by atoms with Crippen molar-refractivity contribution in [3.05, 3.63) is 64.0 Å². The van der Waals surface area contributed by atoms with Gasteiger partial charge >= 0.3 is 0 Å². The molecule has 0 radical (unpaired) electrons. The first-order valence-electron chi connectivity index (χ1n) is 10.3. The molecule has 0 atom stereocenters. The molecule has 0 bridgehead atoms. The van der Waals surface area contributed by atoms with Crippen LogP contribution in [-0.4, -0.2) is 41.5 Å². The Bertz CT molecular complexity index is 1140. The van der Waals surface area contributed by atoms with Gasteiger partial charge in [-0.25, -0.2) is 9.97 Å². The summed E-state index contributed by atoms with van der Waals surface area (Å²) in [7, 11) is 0. The zero-order valence-electron chi connectivity index (χ0n) is 18.6. The number of aryl methyl sites for hydroxylation is 4. The average Bonchev–Trinajstić information content (AvgIpc) is 2.74. The van der Waals surface area contributed by atoms with E-state index in [1.807, 2.05) is 46.8 Å². The topological polar surface area (TPSA) is 93.2 Å². The van der Waals surface area contributed by atoms with E-state index in [2.05, 4.69) is 20.6 Å². The average molecular weight is 421 g/mol. The van der Waals surface area contributed by atoms with Gasteiger partial charge in [-0.2, -0.15) is 0 Å². The number of fused-ring (bicyclic) bond motifs is 1. The lowest BCUT2D eigenvalue weighted by atomic mass is 10.1. The summed E-state index contributed by atoms with van der Waals surface area (Å²) in [6.07, 6.45) is 0. The van der Waals surface area contributed by atoms with Crippen LogP contribution < -0.4 is 15.4 Å². The van der Waals surface area contributed by atoms with E-state index in [4.69, 9.17) is 4.74 Å². The van der Waals surface area contributed by atoms with Gasteiger partial charge in [-0.1, -0.05) is 12.1 Å². The third-order valence-electron chi connectivity index (χ3n) is 5.29. The van der Waals surface area contributed by atoms with Crippen LogP contribution in [-0.2, 0) is 4.79 Å². The maximum absolute atomic E-state index is 12.4. The van der Waals surface area contributed by atoms with Crippen molar-refractivity contribution < 1.29 is 14.3 Å². The zero-order valence-corrected chi connectivity index (χ0v) is 18.6. The number of amides is 2. The lowest BCUT2D eigenvalue weighted by Crippen LogP contribution is -2.36. The Labute approximate surface area is 182 Å². The summed E-state index contributed by atoms with van der Waals surface area (Å²) in [4.78, 5) is 33.4. The van der Waals surface area contributed by atoms with Gasteiger partial charge in [0.1, 0.15) is 5.75 Å². The molecule has 1 aromatic heterocycles. The van der Waals surface area contributed by atoms with Crippen molar-refractivity contribution in [1.82, 2.24) is 20.6 Å². The van der Waals surface area contributed by atoms with Gasteiger partial charge in [-0.05, 0) is 69.5 Å². The Morgan fingerprint density at radius 3 is 2.23 bits per heavy atom. The van der Waals surface area contributed by atoms with E-state index in [9.17, 15) is 9.59 Å². The molecule has 7 nitrogen and oxygen atoms in total. The van der Waals surface area contributed by atoms with Gasteiger partial charge in [-0.3, -0.25) is 9.59 Å². The van der Waals surface area contributed by atoms with E-state index in [1.165, 1.54) is 0 Å². The maximum atomic E-state index is 12.4. The van der Waals surface area contributed by atoms with Gasteiger partial charge in [0.15, 0.2) is 6.61 Å². The molecule has 0 fully saturated rings. The number of hydrogen-bond donors (Lipinski definition) is 2. The van der Waals surface area contributed by atoms with E-state index in [-0.39, 0.29) is 18.4 Å². The van der Waals surface area contributed by atoms with Crippen molar-refractivity contribution in [2.24, 2.45) is 0 Å². The standard InChI is InChI=1S/C24H28N4O3/c1-14-6-7-15(2)23(16(14)3)31-13-22(29)25-10-11-26-24(30)19-8-9-20-21(12-19)28-18(5)17(4)27-20/h6-9,12H,10-11,13H2,1-5H3,(H,25,29)(H,26,30). The largest absolute Gasteiger partial charge is 0.483 e. The first kappa shape index (κ1) is 22.2. The Morgan fingerprint density at radius 2 is 1.48 bits per heavy atom. The van der Waals surface area contributed by atoms with Crippen molar-refractivity contribution in [2.45, 2.75) is 34.6 Å². The van der Waals surface area contributed by atoms with Gasteiger partial charge in [0.2, 0.25) is 0 Å². The lowest BCUT2D eigenvalue weighted by Gasteiger charge is -2.14. The fourth-order valence-electron chi connectivity index (χ4n) is 3.19. The molecule has 0 spiro atoms. The fraction of sp³-hybridized carbons (Fsp3) is 0.333. The molecule has 0 aliphatic heterocycles. The fourth-order valence-corrected chi connectivity index (χ4v) is 3.19. The number of hydrogen-bond acceptors (Lipinski definition) is 5. The predicted octanol–water partition coefficient (Wildman–Crippen LogP) is 3.10. The van der Waals surface area contributed by atoms with Gasteiger partial charge in [0.25, 0.3) is 11.8 Å². The second-order valence-corrected chi connectivity index (χ2v) is 7.65. The summed E-state index contributed by atoms with van der Waals surface area (Å²) >= 11 is 0. The first-order valence-corrected chi connectivity index (χ1v) is 10.3. The number of rotatable bonds is 7. The third-order valence-corrected chi connectivity index (χ3v) is 5.29. The molecule has 7 heteroatoms. The maximum Gasteiger partial charge on any atom is 0.258 e. The minimum Gasteiger partial charge on any atom is -0.483 e. The van der Waals surface area contributed by atoms with Gasteiger partial charge in [0.05, 0.1) is 22.4 Å². The summed E-state index contributed by atoms with van der Waals surface area (Å²) in [6, 6.07) is 9.25. The van der Waals surface area contributed by atoms with Crippen molar-refractivity contribution in [3.8, 4) is 5.75 Å². The van der Waals surface area contributed by atoms with Crippen LogP contribution in [0.3, 0.4) is 0 Å². The predicted molar refractivity (Wildman–Crippen MR) is 121 cm³/mol. The molecule has 1 heterocycles. The summed E-state index contributed by atoms with van der Waals surface area (Å²) in [5.74, 6) is 0.285. The van der Waals surface area contributed by atoms with E-state index < -0.39 is 0 Å². The number of carbonyl (C=O) groups is 2. The Morgan fingerprint density at radius 1 is 0.839 bits per heavy atom. The highest BCUT2D eigenvalue weighted by Crippen LogP contribution is 2.25. The van der Waals surface area contributed by atoms with Crippen LogP contribution in [0.25, 0.3) is 11.0 Å². The smallest absolute Gasteiger partial charge is 0.258 e. The van der Waals surface area contributed by atoms with Crippen LogP contribution in [0.1, 0.15) is 38.4 Å². The molecule has 0 aliphatic rings. The summed E-state index contributed by atoms with van der Waals surface area (Å²) in [6.45, 7) is 10.3. The van der Waals surface area contributed by atoms with Crippen molar-refractivity contribution in [2.75, 3.05) is 19.7 Å². The van der Waals surface area contributed by atoms with E-state index in [1.54, 1.807) is 18.2 Å². The summed E-state index contributed by atoms with van der Waals surface area (Å²) in [5.41, 5.74) is 6.80. The molecule has 162 valence electrons. The van der Waals surface area contributed by atoms with Crippen molar-refractivity contribution >= 4 is 22.8 Å². The highest BCUT2D eigenvalue weighted by Gasteiger charge is 2.11. The Balaban J connectivity index is 1.47. The number of benzene rings is 2. The lowest BCUT2D eigenvalue weighted by molar-refractivity contribution is -0.123. The second kappa shape index (κ2) is 9.55. The Kier molecular flexibility index (Phi) is 6.84. The molecule has 2 aromatic carbocycles. The van der Waals surface area contributed by atoms with Crippen molar-refractivity contribution in [1.29, 1.82) is 0 Å². The van der Waals surface area contributed by atoms with Crippen LogP contribution in [0.5, 0.6) is 5.75 Å². The van der Waals surface area contributed by atoms with Crippen molar-refractivity contribution in [3.63, 3.8) is 0 Å². The minimum absolute atomic E-state index is 0.0683. The molecular formula is C24H28N4O3. The highest BCUT2D eigenvalue weighted by molar-refractivity contribution is 5.97. The van der Waals surface area contributed by atoms with Crippen LogP contribution in [0.15, 0.2) is 30.3 Å². The summed E-state index contributed by atoms with van der Waals surface area (Å²) < 4.78 is 5.70. The van der Waals surface area contributed by atoms with Crippen LogP contribution in [0.4, 0.5) is 0 Å². The molecule has 31 heavy (non-hydrogen) atoms. The number of aromatic nitrogens is 2. The van der Waals surface area contributed by atoms with Crippen LogP contribution in [0, 0.1) is 34.6 Å². The summed E-state index contributed by atoms with van der Waals surface area (Å²) in [5, 5.41) is 5.56. The van der Waals surface area contributed by atoms with Crippen LogP contribution in [0.2, 0.25) is 0 Å². The van der Waals surface area contributed by atoms with E-state index in [0.717, 1.165) is 39.3 Å². The van der Waals surface area contributed by atoms with Crippen LogP contribution >= 0.6 is 0 Å². The highest BCUT2D eigenvalue weighted by atomic mass is 16.5. The molecular weight excluding hydrogens is 392 g/mol. The SMILES string of the molecule is Cc1ccc(C)c(OCC(=O)NCCNC(=O)c2ccc3nc(C)c(C)nc3c2)c1C. The van der Waals surface area contributed by atoms with E-state index >= 15 is 0 Å². The molecule has 0 unspecified atom stereocenters. The molecule has 0 saturated heterocycles. The van der Waals surface area contributed by atoms with Gasteiger partial charge in [0, 0.05) is 18.7 Å². The zero-order chi connectivity index (χ0) is 22.5. The number of nitrogens with zero attached hydrogens (tertiary/aromatic N) is 2. The monoisotopic (exact) mass is 420 g/mol. The number of carbonyl (C=O) groups excluding carboxylic acids is 2. The number of ether oxygens (including phenoxy) is 1. The number of nitrogens with one attached hydrogen (secondary N) is 2. The molecule has 0 saturated carbocycles. The molecule has 3 rings (SSSR count).